The summed E-state index contributed by atoms with van der Waals surface area (Å²) in [4.78, 5) is 2.38. The maximum atomic E-state index is 9.38. The highest BCUT2D eigenvalue weighted by Crippen LogP contribution is 2.13. The van der Waals surface area contributed by atoms with Gasteiger partial charge in [-0.15, -0.1) is 0 Å². The van der Waals surface area contributed by atoms with Gasteiger partial charge in [-0.05, 0) is 32.7 Å². The summed E-state index contributed by atoms with van der Waals surface area (Å²) >= 11 is 0. The summed E-state index contributed by atoms with van der Waals surface area (Å²) in [5.74, 6) is 0. The number of aliphatic hydroxyl groups is 1. The zero-order chi connectivity index (χ0) is 8.27. The van der Waals surface area contributed by atoms with Crippen LogP contribution in [0.5, 0.6) is 0 Å². The smallest absolute Gasteiger partial charge is 0.0667 e. The van der Waals surface area contributed by atoms with Crippen LogP contribution in [-0.4, -0.2) is 35.2 Å². The lowest BCUT2D eigenvalue weighted by molar-refractivity contribution is 0.0498. The molecule has 2 heteroatoms. The molecule has 0 aliphatic carbocycles. The van der Waals surface area contributed by atoms with Gasteiger partial charge in [0.05, 0.1) is 6.10 Å². The van der Waals surface area contributed by atoms with Gasteiger partial charge in [0.1, 0.15) is 0 Å². The van der Waals surface area contributed by atoms with E-state index in [0.29, 0.717) is 6.04 Å². The molecule has 1 heterocycles. The second kappa shape index (κ2) is 4.07. The van der Waals surface area contributed by atoms with E-state index in [0.717, 1.165) is 19.4 Å². The SMILES string of the molecule is CC[C@H](C)N1CCC[C@@H](O)C1. The molecule has 0 unspecified atom stereocenters. The molecule has 0 aromatic heterocycles. The minimum atomic E-state index is -0.0715. The van der Waals surface area contributed by atoms with Gasteiger partial charge in [-0.3, -0.25) is 4.90 Å². The van der Waals surface area contributed by atoms with Crippen molar-refractivity contribution in [3.63, 3.8) is 0 Å². The Labute approximate surface area is 69.2 Å². The molecule has 1 N–H and O–H groups in total. The van der Waals surface area contributed by atoms with Crippen molar-refractivity contribution < 1.29 is 5.11 Å². The number of nitrogens with zero attached hydrogens (tertiary/aromatic N) is 1. The van der Waals surface area contributed by atoms with Gasteiger partial charge in [0, 0.05) is 12.6 Å². The third kappa shape index (κ3) is 2.46. The summed E-state index contributed by atoms with van der Waals surface area (Å²) in [6.45, 7) is 6.49. The van der Waals surface area contributed by atoms with Crippen LogP contribution in [0.15, 0.2) is 0 Å². The summed E-state index contributed by atoms with van der Waals surface area (Å²) in [7, 11) is 0. The zero-order valence-corrected chi connectivity index (χ0v) is 7.58. The van der Waals surface area contributed by atoms with E-state index in [1.165, 1.54) is 13.0 Å². The summed E-state index contributed by atoms with van der Waals surface area (Å²) in [5, 5.41) is 9.38. The fourth-order valence-electron chi connectivity index (χ4n) is 1.64. The van der Waals surface area contributed by atoms with E-state index in [2.05, 4.69) is 18.7 Å². The summed E-state index contributed by atoms with van der Waals surface area (Å²) in [5.41, 5.74) is 0. The largest absolute Gasteiger partial charge is 0.392 e. The quantitative estimate of drug-likeness (QED) is 0.652. The van der Waals surface area contributed by atoms with Crippen LogP contribution < -0.4 is 0 Å². The predicted octanol–water partition coefficient (Wildman–Crippen LogP) is 1.24. The summed E-state index contributed by atoms with van der Waals surface area (Å²) in [6, 6.07) is 0.643. The molecule has 1 fully saturated rings. The number of β-amino-alcohol motifs (C(OH)–C–C–N with tert-alkyl or cyclic N) is 1. The molecule has 11 heavy (non-hydrogen) atoms. The average molecular weight is 157 g/mol. The van der Waals surface area contributed by atoms with Crippen molar-refractivity contribution >= 4 is 0 Å². The van der Waals surface area contributed by atoms with Crippen molar-refractivity contribution in [3.05, 3.63) is 0 Å². The first-order valence-corrected chi connectivity index (χ1v) is 4.66. The van der Waals surface area contributed by atoms with E-state index in [1.807, 2.05) is 0 Å². The van der Waals surface area contributed by atoms with Crippen molar-refractivity contribution in [1.82, 2.24) is 4.90 Å². The van der Waals surface area contributed by atoms with Crippen molar-refractivity contribution in [2.24, 2.45) is 0 Å². The average Bonchev–Trinajstić information content (AvgIpc) is 2.03. The molecule has 0 aromatic carbocycles. The van der Waals surface area contributed by atoms with Crippen LogP contribution in [0.3, 0.4) is 0 Å². The Bertz CT molecular complexity index is 116. The standard InChI is InChI=1S/C9H19NO/c1-3-8(2)10-6-4-5-9(11)7-10/h8-9,11H,3-7H2,1-2H3/t8-,9+/m0/s1. The third-order valence-corrected chi connectivity index (χ3v) is 2.64. The summed E-state index contributed by atoms with van der Waals surface area (Å²) in [6.07, 6.45) is 3.27. The van der Waals surface area contributed by atoms with Gasteiger partial charge in [0.2, 0.25) is 0 Å². The lowest BCUT2D eigenvalue weighted by Crippen LogP contribution is -2.43. The molecule has 66 valence electrons. The van der Waals surface area contributed by atoms with E-state index in [1.54, 1.807) is 0 Å². The second-order valence-corrected chi connectivity index (χ2v) is 3.55. The molecular formula is C9H19NO. The van der Waals surface area contributed by atoms with E-state index in [9.17, 15) is 5.11 Å². The van der Waals surface area contributed by atoms with Gasteiger partial charge in [-0.25, -0.2) is 0 Å². The lowest BCUT2D eigenvalue weighted by atomic mass is 10.1. The molecule has 1 saturated heterocycles. The number of hydrogen-bond acceptors (Lipinski definition) is 2. The molecule has 0 bridgehead atoms. The fourth-order valence-corrected chi connectivity index (χ4v) is 1.64. The molecule has 2 atom stereocenters. The maximum Gasteiger partial charge on any atom is 0.0667 e. The highest BCUT2D eigenvalue weighted by molar-refractivity contribution is 4.75. The van der Waals surface area contributed by atoms with Crippen LogP contribution in [-0.2, 0) is 0 Å². The lowest BCUT2D eigenvalue weighted by Gasteiger charge is -2.34. The van der Waals surface area contributed by atoms with Crippen LogP contribution in [0.1, 0.15) is 33.1 Å². The van der Waals surface area contributed by atoms with Crippen LogP contribution >= 0.6 is 0 Å². The molecule has 0 aromatic rings. The first kappa shape index (κ1) is 9.01. The fraction of sp³-hybridized carbons (Fsp3) is 1.00. The minimum Gasteiger partial charge on any atom is -0.392 e. The Morgan fingerprint density at radius 3 is 2.91 bits per heavy atom. The van der Waals surface area contributed by atoms with Gasteiger partial charge in [-0.2, -0.15) is 0 Å². The second-order valence-electron chi connectivity index (χ2n) is 3.55. The molecule has 1 rings (SSSR count). The number of rotatable bonds is 2. The summed E-state index contributed by atoms with van der Waals surface area (Å²) < 4.78 is 0. The van der Waals surface area contributed by atoms with Crippen molar-refractivity contribution in [2.75, 3.05) is 13.1 Å². The van der Waals surface area contributed by atoms with Crippen LogP contribution in [0.25, 0.3) is 0 Å². The van der Waals surface area contributed by atoms with Gasteiger partial charge >= 0.3 is 0 Å². The van der Waals surface area contributed by atoms with Crippen molar-refractivity contribution in [2.45, 2.75) is 45.3 Å². The Hall–Kier alpha value is -0.0800. The molecule has 0 radical (unpaired) electrons. The van der Waals surface area contributed by atoms with Crippen LogP contribution in [0, 0.1) is 0 Å². The van der Waals surface area contributed by atoms with Crippen molar-refractivity contribution in [1.29, 1.82) is 0 Å². The zero-order valence-electron chi connectivity index (χ0n) is 7.58. The van der Waals surface area contributed by atoms with Gasteiger partial charge in [-0.1, -0.05) is 6.92 Å². The van der Waals surface area contributed by atoms with Gasteiger partial charge in [0.25, 0.3) is 0 Å². The van der Waals surface area contributed by atoms with E-state index < -0.39 is 0 Å². The molecule has 1 aliphatic heterocycles. The Morgan fingerprint density at radius 1 is 1.64 bits per heavy atom. The molecule has 0 amide bonds. The maximum absolute atomic E-state index is 9.38. The number of piperidine rings is 1. The number of hydrogen-bond donors (Lipinski definition) is 1. The molecule has 2 nitrogen and oxygen atoms in total. The van der Waals surface area contributed by atoms with E-state index in [4.69, 9.17) is 0 Å². The Balaban J connectivity index is 2.33. The highest BCUT2D eigenvalue weighted by atomic mass is 16.3. The third-order valence-electron chi connectivity index (χ3n) is 2.64. The minimum absolute atomic E-state index is 0.0715. The van der Waals surface area contributed by atoms with Crippen LogP contribution in [0.2, 0.25) is 0 Å². The van der Waals surface area contributed by atoms with E-state index >= 15 is 0 Å². The first-order chi connectivity index (χ1) is 5.24. The monoisotopic (exact) mass is 157 g/mol. The normalized spacial score (nSPS) is 30.3. The van der Waals surface area contributed by atoms with E-state index in [-0.39, 0.29) is 6.10 Å². The Morgan fingerprint density at radius 2 is 2.36 bits per heavy atom. The first-order valence-electron chi connectivity index (χ1n) is 4.66. The van der Waals surface area contributed by atoms with Crippen LogP contribution in [0.4, 0.5) is 0 Å². The predicted molar refractivity (Wildman–Crippen MR) is 46.6 cm³/mol. The Kier molecular flexibility index (Phi) is 3.34. The highest BCUT2D eigenvalue weighted by Gasteiger charge is 2.20. The number of likely N-dealkylation sites (tertiary alicyclic amines) is 1. The molecular weight excluding hydrogens is 138 g/mol. The molecule has 0 saturated carbocycles. The van der Waals surface area contributed by atoms with Gasteiger partial charge < -0.3 is 5.11 Å². The number of aliphatic hydroxyl groups excluding tert-OH is 1. The van der Waals surface area contributed by atoms with Gasteiger partial charge in [0.15, 0.2) is 0 Å². The molecule has 1 aliphatic rings. The topological polar surface area (TPSA) is 23.5 Å². The van der Waals surface area contributed by atoms with Crippen molar-refractivity contribution in [3.8, 4) is 0 Å². The molecule has 0 spiro atoms.